The molecule has 0 saturated heterocycles. The zero-order valence-corrected chi connectivity index (χ0v) is 14.8. The van der Waals surface area contributed by atoms with Gasteiger partial charge in [0.05, 0.1) is 25.4 Å². The van der Waals surface area contributed by atoms with E-state index in [0.29, 0.717) is 6.61 Å². The summed E-state index contributed by atoms with van der Waals surface area (Å²) in [5.74, 6) is 0. The van der Waals surface area contributed by atoms with Crippen LogP contribution in [-0.4, -0.2) is 51.3 Å². The molecule has 3 atom stereocenters. The summed E-state index contributed by atoms with van der Waals surface area (Å²) in [5, 5.41) is 12.4. The second-order valence-corrected chi connectivity index (χ2v) is 6.68. The number of hydrogen-bond donors (Lipinski definition) is 1. The first-order valence-electron chi connectivity index (χ1n) is 8.02. The highest BCUT2D eigenvalue weighted by Gasteiger charge is 2.12. The summed E-state index contributed by atoms with van der Waals surface area (Å²) in [6, 6.07) is -0.517. The standard InChI is InChI=1S/C14H29BN3O3P/c1-3-4-5-6-7-8-14(21-22(2)15)9-10-20-12-13(11-19)17-18-16/h13-14,19H,3-12H2,1-2H3/t13?,14-,22?/m1/s1. The van der Waals surface area contributed by atoms with Gasteiger partial charge in [-0.1, -0.05) is 44.1 Å². The van der Waals surface area contributed by atoms with Crippen LogP contribution < -0.4 is 0 Å². The third-order valence-corrected chi connectivity index (χ3v) is 3.90. The Morgan fingerprint density at radius 1 is 1.27 bits per heavy atom. The van der Waals surface area contributed by atoms with E-state index in [4.69, 9.17) is 27.5 Å². The van der Waals surface area contributed by atoms with E-state index < -0.39 is 14.1 Å². The molecule has 8 heteroatoms. The van der Waals surface area contributed by atoms with Crippen molar-refractivity contribution in [1.29, 1.82) is 0 Å². The summed E-state index contributed by atoms with van der Waals surface area (Å²) in [6.07, 6.45) is 8.06. The van der Waals surface area contributed by atoms with Gasteiger partial charge in [0.15, 0.2) is 0 Å². The Hall–Kier alpha value is -0.315. The normalized spacial score (nSPS) is 15.0. The second kappa shape index (κ2) is 15.6. The van der Waals surface area contributed by atoms with Crippen molar-refractivity contribution < 1.29 is 14.4 Å². The van der Waals surface area contributed by atoms with Crippen LogP contribution in [0.1, 0.15) is 51.9 Å². The van der Waals surface area contributed by atoms with E-state index in [9.17, 15) is 0 Å². The van der Waals surface area contributed by atoms with Crippen LogP contribution in [0, 0.1) is 0 Å². The average molecular weight is 329 g/mol. The minimum atomic E-state index is -0.872. The van der Waals surface area contributed by atoms with Crippen molar-refractivity contribution in [2.75, 3.05) is 26.5 Å². The molecule has 0 aromatic rings. The summed E-state index contributed by atoms with van der Waals surface area (Å²) in [7, 11) is 4.90. The molecule has 0 saturated carbocycles. The fraction of sp³-hybridized carbons (Fsp3) is 1.00. The van der Waals surface area contributed by atoms with Crippen LogP contribution >= 0.6 is 8.03 Å². The van der Waals surface area contributed by atoms with Crippen molar-refractivity contribution in [2.45, 2.75) is 64.0 Å². The van der Waals surface area contributed by atoms with Crippen LogP contribution in [0.3, 0.4) is 0 Å². The maximum absolute atomic E-state index is 8.99. The van der Waals surface area contributed by atoms with E-state index in [-0.39, 0.29) is 19.3 Å². The van der Waals surface area contributed by atoms with Crippen LogP contribution in [0.5, 0.6) is 0 Å². The number of hydrogen-bond acceptors (Lipinski definition) is 4. The number of ether oxygens (including phenoxy) is 1. The predicted octanol–water partition coefficient (Wildman–Crippen LogP) is 3.92. The van der Waals surface area contributed by atoms with Gasteiger partial charge < -0.3 is 14.4 Å². The van der Waals surface area contributed by atoms with Gasteiger partial charge in [-0.25, -0.2) is 0 Å². The molecule has 22 heavy (non-hydrogen) atoms. The van der Waals surface area contributed by atoms with Gasteiger partial charge in [-0.2, -0.15) is 0 Å². The summed E-state index contributed by atoms with van der Waals surface area (Å²) in [6.45, 7) is 4.64. The summed E-state index contributed by atoms with van der Waals surface area (Å²) in [5.41, 5.74) is 8.33. The zero-order chi connectivity index (χ0) is 16.6. The van der Waals surface area contributed by atoms with Gasteiger partial charge in [0, 0.05) is 11.5 Å². The number of aliphatic hydroxyl groups is 1. The molecule has 6 nitrogen and oxygen atoms in total. The number of rotatable bonds is 15. The van der Waals surface area contributed by atoms with E-state index in [0.717, 1.165) is 19.3 Å². The van der Waals surface area contributed by atoms with E-state index in [1.165, 1.54) is 25.7 Å². The number of nitrogens with zero attached hydrogens (tertiary/aromatic N) is 3. The lowest BCUT2D eigenvalue weighted by atomic mass is 10.1. The Morgan fingerprint density at radius 2 is 2.00 bits per heavy atom. The molecule has 0 heterocycles. The fourth-order valence-electron chi connectivity index (χ4n) is 2.09. The lowest BCUT2D eigenvalue weighted by Gasteiger charge is -2.21. The molecule has 0 aromatic carbocycles. The monoisotopic (exact) mass is 329 g/mol. The van der Waals surface area contributed by atoms with Gasteiger partial charge in [0.2, 0.25) is 0 Å². The molecule has 0 aromatic heterocycles. The Bertz CT molecular complexity index is 305. The predicted molar refractivity (Wildman–Crippen MR) is 92.3 cm³/mol. The third kappa shape index (κ3) is 13.4. The topological polar surface area (TPSA) is 87.5 Å². The molecule has 2 radical (unpaired) electrons. The average Bonchev–Trinajstić information content (AvgIpc) is 2.49. The zero-order valence-electron chi connectivity index (χ0n) is 13.9. The quantitative estimate of drug-likeness (QED) is 0.123. The van der Waals surface area contributed by atoms with E-state index in [2.05, 4.69) is 16.9 Å². The van der Waals surface area contributed by atoms with Gasteiger partial charge >= 0.3 is 0 Å². The highest BCUT2D eigenvalue weighted by Crippen LogP contribution is 2.30. The summed E-state index contributed by atoms with van der Waals surface area (Å²) >= 11 is 0. The van der Waals surface area contributed by atoms with Crippen molar-refractivity contribution in [1.82, 2.24) is 0 Å². The van der Waals surface area contributed by atoms with E-state index in [1.807, 2.05) is 6.66 Å². The fourth-order valence-corrected chi connectivity index (χ4v) is 2.77. The lowest BCUT2D eigenvalue weighted by molar-refractivity contribution is 0.0743. The number of azide groups is 1. The SMILES string of the molecule is [B]P(C)O[C@H](CCCCCCC)CCOCC(CO)N=[N+]=[N-]. The van der Waals surface area contributed by atoms with Gasteiger partial charge in [0.25, 0.3) is 0 Å². The maximum Gasteiger partial charge on any atom is 0.148 e. The number of aliphatic hydroxyl groups excluding tert-OH is 1. The Morgan fingerprint density at radius 3 is 2.59 bits per heavy atom. The first kappa shape index (κ1) is 21.7. The number of unbranched alkanes of at least 4 members (excludes halogenated alkanes) is 4. The van der Waals surface area contributed by atoms with Crippen LogP contribution in [0.4, 0.5) is 0 Å². The van der Waals surface area contributed by atoms with E-state index >= 15 is 0 Å². The maximum atomic E-state index is 8.99. The van der Waals surface area contributed by atoms with Crippen molar-refractivity contribution in [3.8, 4) is 0 Å². The summed E-state index contributed by atoms with van der Waals surface area (Å²) in [4.78, 5) is 2.67. The molecule has 0 aliphatic rings. The first-order chi connectivity index (χ1) is 10.6. The van der Waals surface area contributed by atoms with Crippen molar-refractivity contribution in [3.63, 3.8) is 0 Å². The third-order valence-electron chi connectivity index (χ3n) is 3.27. The van der Waals surface area contributed by atoms with Gasteiger partial charge in [0.1, 0.15) is 7.57 Å². The minimum Gasteiger partial charge on any atom is -0.396 e. The minimum absolute atomic E-state index is 0.120. The molecule has 0 bridgehead atoms. The molecule has 0 aliphatic heterocycles. The van der Waals surface area contributed by atoms with E-state index in [1.54, 1.807) is 0 Å². The van der Waals surface area contributed by atoms with Crippen LogP contribution in [0.15, 0.2) is 5.11 Å². The Kier molecular flexibility index (Phi) is 15.4. The van der Waals surface area contributed by atoms with Gasteiger partial charge in [-0.15, -0.1) is 0 Å². The van der Waals surface area contributed by atoms with Gasteiger partial charge in [-0.3, -0.25) is 0 Å². The van der Waals surface area contributed by atoms with Crippen molar-refractivity contribution in [3.05, 3.63) is 10.4 Å². The molecule has 1 N–H and O–H groups in total. The molecule has 0 spiro atoms. The summed E-state index contributed by atoms with van der Waals surface area (Å²) < 4.78 is 11.2. The molecule has 0 amide bonds. The molecule has 2 unspecified atom stereocenters. The molecule has 126 valence electrons. The lowest BCUT2D eigenvalue weighted by Crippen LogP contribution is -2.20. The van der Waals surface area contributed by atoms with Crippen molar-refractivity contribution in [2.24, 2.45) is 5.11 Å². The molecule has 0 aliphatic carbocycles. The molecular weight excluding hydrogens is 300 g/mol. The van der Waals surface area contributed by atoms with Gasteiger partial charge in [-0.05, 0) is 33.1 Å². The van der Waals surface area contributed by atoms with Crippen LogP contribution in [-0.2, 0) is 9.26 Å². The molecular formula is C14H29BN3O3P. The smallest absolute Gasteiger partial charge is 0.148 e. The Labute approximate surface area is 136 Å². The van der Waals surface area contributed by atoms with Crippen LogP contribution in [0.25, 0.3) is 10.4 Å². The molecule has 0 fully saturated rings. The largest absolute Gasteiger partial charge is 0.396 e. The Balaban J connectivity index is 3.90. The highest BCUT2D eigenvalue weighted by atomic mass is 31.1. The van der Waals surface area contributed by atoms with Crippen molar-refractivity contribution >= 4 is 15.6 Å². The first-order valence-corrected chi connectivity index (χ1v) is 9.79. The molecule has 0 rings (SSSR count). The van der Waals surface area contributed by atoms with Crippen LogP contribution in [0.2, 0.25) is 0 Å². The highest BCUT2D eigenvalue weighted by molar-refractivity contribution is 7.77. The second-order valence-electron chi connectivity index (χ2n) is 5.38.